The number of carbonyl (C=O) groups excluding carboxylic acids is 1. The highest BCUT2D eigenvalue weighted by molar-refractivity contribution is 5.94. The van der Waals surface area contributed by atoms with Crippen LogP contribution in [0.25, 0.3) is 10.9 Å². The highest BCUT2D eigenvalue weighted by atomic mass is 16.1. The second-order valence-corrected chi connectivity index (χ2v) is 6.98. The second kappa shape index (κ2) is 6.81. The number of nitrogens with zero attached hydrogens (tertiary/aromatic N) is 3. The van der Waals surface area contributed by atoms with Gasteiger partial charge in [0.05, 0.1) is 5.52 Å². The average Bonchev–Trinajstić information content (AvgIpc) is 3.11. The minimum atomic E-state index is 0.0784. The van der Waals surface area contributed by atoms with Crippen molar-refractivity contribution in [2.45, 2.75) is 19.4 Å². The first-order valence-electron chi connectivity index (χ1n) is 9.28. The van der Waals surface area contributed by atoms with Crippen molar-refractivity contribution >= 4 is 34.0 Å². The maximum absolute atomic E-state index is 11.5. The zero-order chi connectivity index (χ0) is 18.9. The minimum absolute atomic E-state index is 0.0784. The van der Waals surface area contributed by atoms with Gasteiger partial charge in [-0.2, -0.15) is 0 Å². The lowest BCUT2D eigenvalue weighted by Gasteiger charge is -2.18. The van der Waals surface area contributed by atoms with Gasteiger partial charge >= 0.3 is 0 Å². The van der Waals surface area contributed by atoms with Crippen molar-refractivity contribution in [1.29, 1.82) is 0 Å². The molecule has 1 aliphatic rings. The summed E-state index contributed by atoms with van der Waals surface area (Å²) in [7, 11) is 0. The fourth-order valence-electron chi connectivity index (χ4n) is 3.59. The monoisotopic (exact) mass is 369 g/mol. The number of hydrogen-bond donors (Lipinski definition) is 2. The van der Waals surface area contributed by atoms with E-state index in [0.29, 0.717) is 6.42 Å². The topological polar surface area (TPSA) is 71.8 Å². The van der Waals surface area contributed by atoms with E-state index in [0.717, 1.165) is 52.2 Å². The van der Waals surface area contributed by atoms with Crippen LogP contribution in [-0.2, 0) is 17.8 Å². The summed E-state index contributed by atoms with van der Waals surface area (Å²) in [5.74, 6) is 0.869. The maximum atomic E-state index is 11.5. The summed E-state index contributed by atoms with van der Waals surface area (Å²) in [4.78, 5) is 20.3. The second-order valence-electron chi connectivity index (χ2n) is 6.98. The van der Waals surface area contributed by atoms with Crippen molar-refractivity contribution in [2.24, 2.45) is 0 Å². The molecule has 5 rings (SSSR count). The lowest BCUT2D eigenvalue weighted by molar-refractivity contribution is -0.116. The summed E-state index contributed by atoms with van der Waals surface area (Å²) in [6, 6.07) is 14.1. The van der Waals surface area contributed by atoms with E-state index >= 15 is 0 Å². The molecule has 0 spiro atoms. The summed E-state index contributed by atoms with van der Waals surface area (Å²) in [6.07, 6.45) is 8.92. The van der Waals surface area contributed by atoms with Gasteiger partial charge in [0.1, 0.15) is 5.82 Å². The molecule has 3 aromatic heterocycles. The number of benzene rings is 1. The first-order valence-corrected chi connectivity index (χ1v) is 9.28. The number of carbonyl (C=O) groups is 1. The summed E-state index contributed by atoms with van der Waals surface area (Å²) in [6.45, 7) is 0.763. The molecule has 1 aromatic carbocycles. The molecule has 0 saturated carbocycles. The predicted molar refractivity (Wildman–Crippen MR) is 110 cm³/mol. The van der Waals surface area contributed by atoms with E-state index in [1.807, 2.05) is 30.6 Å². The van der Waals surface area contributed by atoms with E-state index in [9.17, 15) is 4.79 Å². The molecule has 0 bridgehead atoms. The molecule has 2 N–H and O–H groups in total. The van der Waals surface area contributed by atoms with Crippen molar-refractivity contribution < 1.29 is 4.79 Å². The average molecular weight is 369 g/mol. The Bertz CT molecular complexity index is 1170. The van der Waals surface area contributed by atoms with Crippen LogP contribution in [0.1, 0.15) is 17.5 Å². The van der Waals surface area contributed by atoms with E-state index in [1.54, 1.807) is 6.20 Å². The molecule has 0 atom stereocenters. The Hall–Kier alpha value is -3.67. The number of pyridine rings is 2. The molecule has 1 aliphatic heterocycles. The molecule has 0 fully saturated rings. The Labute approximate surface area is 162 Å². The van der Waals surface area contributed by atoms with Crippen LogP contribution in [0.3, 0.4) is 0 Å². The number of amides is 1. The minimum Gasteiger partial charge on any atom is -0.343 e. The molecular formula is C22H19N5O. The fraction of sp³-hybridized carbons (Fsp3) is 0.136. The number of fused-ring (bicyclic) bond motifs is 2. The van der Waals surface area contributed by atoms with Gasteiger partial charge < -0.3 is 15.2 Å². The molecule has 0 radical (unpaired) electrons. The largest absolute Gasteiger partial charge is 0.343 e. The standard InChI is InChI=1S/C22H19N5O/c28-22-6-3-16-10-18(4-5-19(16)26-22)25-21-11-20-17(13-24-21)7-9-27(20)14-15-2-1-8-23-12-15/h1-2,4-5,7-13H,3,6,14H2,(H,24,25)(H,26,28). The molecule has 6 nitrogen and oxygen atoms in total. The normalized spacial score (nSPS) is 13.2. The number of nitrogens with one attached hydrogen (secondary N) is 2. The van der Waals surface area contributed by atoms with Crippen LogP contribution in [-0.4, -0.2) is 20.4 Å². The van der Waals surface area contributed by atoms with Gasteiger partial charge in [-0.1, -0.05) is 6.07 Å². The van der Waals surface area contributed by atoms with Gasteiger partial charge in [0, 0.05) is 60.6 Å². The third-order valence-electron chi connectivity index (χ3n) is 5.00. The van der Waals surface area contributed by atoms with Crippen molar-refractivity contribution in [3.63, 3.8) is 0 Å². The third-order valence-corrected chi connectivity index (χ3v) is 5.00. The molecule has 1 amide bonds. The van der Waals surface area contributed by atoms with Crippen molar-refractivity contribution in [1.82, 2.24) is 14.5 Å². The summed E-state index contributed by atoms with van der Waals surface area (Å²) in [5.41, 5.74) is 5.28. The smallest absolute Gasteiger partial charge is 0.224 e. The number of hydrogen-bond acceptors (Lipinski definition) is 4. The van der Waals surface area contributed by atoms with Crippen LogP contribution < -0.4 is 10.6 Å². The van der Waals surface area contributed by atoms with Crippen LogP contribution in [0.15, 0.2) is 67.3 Å². The number of aromatic nitrogens is 3. The fourth-order valence-corrected chi connectivity index (χ4v) is 3.59. The van der Waals surface area contributed by atoms with E-state index in [4.69, 9.17) is 0 Å². The Morgan fingerprint density at radius 1 is 1.11 bits per heavy atom. The molecule has 138 valence electrons. The van der Waals surface area contributed by atoms with Gasteiger partial charge in [-0.15, -0.1) is 0 Å². The van der Waals surface area contributed by atoms with Crippen LogP contribution in [0.2, 0.25) is 0 Å². The van der Waals surface area contributed by atoms with Crippen LogP contribution in [0, 0.1) is 0 Å². The van der Waals surface area contributed by atoms with E-state index in [2.05, 4.69) is 55.6 Å². The highest BCUT2D eigenvalue weighted by Gasteiger charge is 2.15. The van der Waals surface area contributed by atoms with Gasteiger partial charge in [0.25, 0.3) is 0 Å². The number of rotatable bonds is 4. The van der Waals surface area contributed by atoms with E-state index < -0.39 is 0 Å². The quantitative estimate of drug-likeness (QED) is 0.568. The van der Waals surface area contributed by atoms with Crippen LogP contribution in [0.4, 0.5) is 17.2 Å². The van der Waals surface area contributed by atoms with Gasteiger partial charge in [-0.05, 0) is 47.9 Å². The van der Waals surface area contributed by atoms with Gasteiger partial charge in [-0.3, -0.25) is 9.78 Å². The Balaban J connectivity index is 1.42. The van der Waals surface area contributed by atoms with Gasteiger partial charge in [0.2, 0.25) is 5.91 Å². The van der Waals surface area contributed by atoms with Gasteiger partial charge in [-0.25, -0.2) is 4.98 Å². The summed E-state index contributed by atoms with van der Waals surface area (Å²) >= 11 is 0. The maximum Gasteiger partial charge on any atom is 0.224 e. The molecule has 4 heterocycles. The van der Waals surface area contributed by atoms with Crippen molar-refractivity contribution in [3.05, 3.63) is 78.4 Å². The van der Waals surface area contributed by atoms with Crippen LogP contribution in [0.5, 0.6) is 0 Å². The van der Waals surface area contributed by atoms with E-state index in [-0.39, 0.29) is 5.91 Å². The molecule has 6 heteroatoms. The summed E-state index contributed by atoms with van der Waals surface area (Å²) in [5, 5.41) is 7.40. The highest BCUT2D eigenvalue weighted by Crippen LogP contribution is 2.28. The molecule has 28 heavy (non-hydrogen) atoms. The first-order chi connectivity index (χ1) is 13.7. The number of aryl methyl sites for hydroxylation is 1. The zero-order valence-corrected chi connectivity index (χ0v) is 15.2. The van der Waals surface area contributed by atoms with E-state index in [1.165, 1.54) is 0 Å². The lowest BCUT2D eigenvalue weighted by Crippen LogP contribution is -2.18. The third kappa shape index (κ3) is 3.20. The lowest BCUT2D eigenvalue weighted by atomic mass is 10.0. The first kappa shape index (κ1) is 16.5. The summed E-state index contributed by atoms with van der Waals surface area (Å²) < 4.78 is 2.20. The SMILES string of the molecule is O=C1CCc2cc(Nc3cc4c(ccn4Cc4cccnc4)cn3)ccc2N1. The Morgan fingerprint density at radius 2 is 2.07 bits per heavy atom. The Morgan fingerprint density at radius 3 is 2.96 bits per heavy atom. The predicted octanol–water partition coefficient (Wildman–Crippen LogP) is 4.11. The molecule has 4 aromatic rings. The van der Waals surface area contributed by atoms with Crippen LogP contribution >= 0.6 is 0 Å². The molecule has 0 unspecified atom stereocenters. The zero-order valence-electron chi connectivity index (χ0n) is 15.2. The van der Waals surface area contributed by atoms with Crippen molar-refractivity contribution in [3.8, 4) is 0 Å². The molecule has 0 aliphatic carbocycles. The molecule has 0 saturated heterocycles. The number of anilines is 3. The molecular weight excluding hydrogens is 350 g/mol. The Kier molecular flexibility index (Phi) is 4.01. The van der Waals surface area contributed by atoms with Gasteiger partial charge in [0.15, 0.2) is 0 Å². The van der Waals surface area contributed by atoms with Crippen molar-refractivity contribution in [2.75, 3.05) is 10.6 Å².